The zero-order valence-corrected chi connectivity index (χ0v) is 9.10. The molecule has 2 aromatic rings. The first-order valence-corrected chi connectivity index (χ1v) is 4.86. The molecule has 0 aliphatic rings. The van der Waals surface area contributed by atoms with Crippen LogP contribution in [0.4, 0.5) is 0 Å². The molecule has 2 rings (SSSR count). The van der Waals surface area contributed by atoms with E-state index in [9.17, 15) is 5.11 Å². The topological polar surface area (TPSA) is 68.4 Å². The van der Waals surface area contributed by atoms with Crippen LogP contribution in [0.3, 0.4) is 0 Å². The Kier molecular flexibility index (Phi) is 2.76. The fourth-order valence-corrected chi connectivity index (χ4v) is 1.36. The van der Waals surface area contributed by atoms with Gasteiger partial charge in [0.25, 0.3) is 5.89 Å². The summed E-state index contributed by atoms with van der Waals surface area (Å²) in [6.45, 7) is 3.82. The first-order valence-electron chi connectivity index (χ1n) is 4.86. The van der Waals surface area contributed by atoms with Crippen molar-refractivity contribution in [2.45, 2.75) is 20.5 Å². The number of aromatic hydroxyl groups is 1. The van der Waals surface area contributed by atoms with Crippen LogP contribution in [0.15, 0.2) is 22.7 Å². The number of hydrogen-bond acceptors (Lipinski definition) is 5. The van der Waals surface area contributed by atoms with Crippen molar-refractivity contribution in [2.75, 3.05) is 0 Å². The maximum absolute atomic E-state index is 9.36. The van der Waals surface area contributed by atoms with Gasteiger partial charge in [-0.15, -0.1) is 0 Å². The molecule has 1 heterocycles. The van der Waals surface area contributed by atoms with Crippen molar-refractivity contribution in [1.29, 1.82) is 0 Å². The lowest BCUT2D eigenvalue weighted by molar-refractivity contribution is 0.241. The Morgan fingerprint density at radius 3 is 2.75 bits per heavy atom. The monoisotopic (exact) mass is 220 g/mol. The van der Waals surface area contributed by atoms with Crippen molar-refractivity contribution in [2.24, 2.45) is 0 Å². The molecule has 0 radical (unpaired) electrons. The van der Waals surface area contributed by atoms with Gasteiger partial charge in [-0.25, -0.2) is 0 Å². The first-order chi connectivity index (χ1) is 7.63. The van der Waals surface area contributed by atoms with E-state index in [4.69, 9.17) is 9.26 Å². The van der Waals surface area contributed by atoms with Gasteiger partial charge >= 0.3 is 0 Å². The number of aryl methyl sites for hydroxylation is 2. The molecule has 0 amide bonds. The normalized spacial score (nSPS) is 10.4. The molecular formula is C11H12N2O3. The third-order valence-corrected chi connectivity index (χ3v) is 1.97. The number of phenols is 1. The quantitative estimate of drug-likeness (QED) is 0.856. The zero-order chi connectivity index (χ0) is 11.5. The van der Waals surface area contributed by atoms with Crippen molar-refractivity contribution < 1.29 is 14.4 Å². The lowest BCUT2D eigenvalue weighted by Crippen LogP contribution is -1.96. The summed E-state index contributed by atoms with van der Waals surface area (Å²) in [6.07, 6.45) is 0. The van der Waals surface area contributed by atoms with E-state index >= 15 is 0 Å². The van der Waals surface area contributed by atoms with Crippen LogP contribution in [0.2, 0.25) is 0 Å². The summed E-state index contributed by atoms with van der Waals surface area (Å²) >= 11 is 0. The zero-order valence-electron chi connectivity index (χ0n) is 9.10. The maximum Gasteiger partial charge on any atom is 0.264 e. The van der Waals surface area contributed by atoms with E-state index in [1.165, 1.54) is 6.07 Å². The molecule has 0 saturated carbocycles. The van der Waals surface area contributed by atoms with Crippen molar-refractivity contribution in [3.05, 3.63) is 35.5 Å². The highest BCUT2D eigenvalue weighted by molar-refractivity contribution is 5.36. The Morgan fingerprint density at radius 1 is 1.31 bits per heavy atom. The van der Waals surface area contributed by atoms with Gasteiger partial charge in [0.15, 0.2) is 12.4 Å². The fourth-order valence-electron chi connectivity index (χ4n) is 1.36. The SMILES string of the molecule is Cc1cc(O)cc(OCc2nc(C)no2)c1. The summed E-state index contributed by atoms with van der Waals surface area (Å²) in [6, 6.07) is 5.02. The van der Waals surface area contributed by atoms with Crippen molar-refractivity contribution >= 4 is 0 Å². The summed E-state index contributed by atoms with van der Waals surface area (Å²) in [7, 11) is 0. The molecule has 0 aliphatic heterocycles. The maximum atomic E-state index is 9.36. The number of ether oxygens (including phenoxy) is 1. The highest BCUT2D eigenvalue weighted by atomic mass is 16.5. The average Bonchev–Trinajstić information content (AvgIpc) is 2.60. The van der Waals surface area contributed by atoms with Gasteiger partial charge in [0.2, 0.25) is 0 Å². The van der Waals surface area contributed by atoms with Crippen LogP contribution >= 0.6 is 0 Å². The van der Waals surface area contributed by atoms with Gasteiger partial charge in [-0.05, 0) is 31.5 Å². The highest BCUT2D eigenvalue weighted by Gasteiger charge is 2.04. The summed E-state index contributed by atoms with van der Waals surface area (Å²) < 4.78 is 10.3. The Balaban J connectivity index is 2.04. The van der Waals surface area contributed by atoms with Crippen LogP contribution in [0.25, 0.3) is 0 Å². The van der Waals surface area contributed by atoms with E-state index in [1.807, 2.05) is 13.0 Å². The molecule has 16 heavy (non-hydrogen) atoms. The van der Waals surface area contributed by atoms with Gasteiger partial charge in [-0.1, -0.05) is 5.16 Å². The smallest absolute Gasteiger partial charge is 0.264 e. The summed E-state index contributed by atoms with van der Waals surface area (Å²) in [5, 5.41) is 13.0. The van der Waals surface area contributed by atoms with Gasteiger partial charge < -0.3 is 14.4 Å². The molecule has 5 heteroatoms. The minimum Gasteiger partial charge on any atom is -0.508 e. The molecule has 0 aliphatic carbocycles. The number of phenolic OH excluding ortho intramolecular Hbond substituents is 1. The molecule has 0 unspecified atom stereocenters. The third-order valence-electron chi connectivity index (χ3n) is 1.97. The van der Waals surface area contributed by atoms with E-state index in [-0.39, 0.29) is 12.4 Å². The lowest BCUT2D eigenvalue weighted by atomic mass is 10.2. The van der Waals surface area contributed by atoms with E-state index < -0.39 is 0 Å². The molecule has 84 valence electrons. The van der Waals surface area contributed by atoms with Gasteiger partial charge in [0.1, 0.15) is 11.5 Å². The summed E-state index contributed by atoms with van der Waals surface area (Å²) in [5.41, 5.74) is 0.928. The number of hydrogen-bond donors (Lipinski definition) is 1. The Bertz CT molecular complexity index is 473. The van der Waals surface area contributed by atoms with Crippen LogP contribution in [0, 0.1) is 13.8 Å². The molecule has 0 fully saturated rings. The second-order valence-electron chi connectivity index (χ2n) is 3.53. The highest BCUT2D eigenvalue weighted by Crippen LogP contribution is 2.21. The molecule has 0 atom stereocenters. The van der Waals surface area contributed by atoms with Crippen molar-refractivity contribution in [3.63, 3.8) is 0 Å². The molecule has 0 bridgehead atoms. The molecule has 1 aromatic heterocycles. The molecular weight excluding hydrogens is 208 g/mol. The van der Waals surface area contributed by atoms with Crippen molar-refractivity contribution in [3.8, 4) is 11.5 Å². The van der Waals surface area contributed by atoms with Crippen LogP contribution in [0.1, 0.15) is 17.3 Å². The summed E-state index contributed by atoms with van der Waals surface area (Å²) in [5.74, 6) is 1.74. The number of rotatable bonds is 3. The second-order valence-corrected chi connectivity index (χ2v) is 3.53. The predicted molar refractivity (Wildman–Crippen MR) is 56.2 cm³/mol. The van der Waals surface area contributed by atoms with Crippen molar-refractivity contribution in [1.82, 2.24) is 10.1 Å². The van der Waals surface area contributed by atoms with Crippen LogP contribution in [-0.2, 0) is 6.61 Å². The largest absolute Gasteiger partial charge is 0.508 e. The molecule has 1 aromatic carbocycles. The Hall–Kier alpha value is -2.04. The second kappa shape index (κ2) is 4.22. The number of aromatic nitrogens is 2. The van der Waals surface area contributed by atoms with Crippen LogP contribution in [0.5, 0.6) is 11.5 Å². The average molecular weight is 220 g/mol. The van der Waals surface area contributed by atoms with E-state index in [1.54, 1.807) is 13.0 Å². The first kappa shape index (κ1) is 10.5. The Morgan fingerprint density at radius 2 is 2.12 bits per heavy atom. The van der Waals surface area contributed by atoms with E-state index in [0.29, 0.717) is 17.5 Å². The molecule has 1 N–H and O–H groups in total. The van der Waals surface area contributed by atoms with Gasteiger partial charge in [-0.2, -0.15) is 4.98 Å². The third kappa shape index (κ3) is 2.50. The van der Waals surface area contributed by atoms with Gasteiger partial charge in [0, 0.05) is 6.07 Å². The fraction of sp³-hybridized carbons (Fsp3) is 0.273. The predicted octanol–water partition coefficient (Wildman–Crippen LogP) is 1.97. The molecule has 0 spiro atoms. The van der Waals surface area contributed by atoms with Crippen LogP contribution in [-0.4, -0.2) is 15.2 Å². The molecule has 5 nitrogen and oxygen atoms in total. The number of nitrogens with zero attached hydrogens (tertiary/aromatic N) is 2. The number of benzene rings is 1. The molecule has 0 saturated heterocycles. The minimum absolute atomic E-state index is 0.178. The van der Waals surface area contributed by atoms with Crippen LogP contribution < -0.4 is 4.74 Å². The minimum atomic E-state index is 0.178. The van der Waals surface area contributed by atoms with Gasteiger partial charge in [0.05, 0.1) is 0 Å². The lowest BCUT2D eigenvalue weighted by Gasteiger charge is -2.04. The standard InChI is InChI=1S/C11H12N2O3/c1-7-3-9(14)5-10(4-7)15-6-11-12-8(2)13-16-11/h3-5,14H,6H2,1-2H3. The van der Waals surface area contributed by atoms with E-state index in [0.717, 1.165) is 5.56 Å². The van der Waals surface area contributed by atoms with E-state index in [2.05, 4.69) is 10.1 Å². The Labute approximate surface area is 92.7 Å². The van der Waals surface area contributed by atoms with Gasteiger partial charge in [-0.3, -0.25) is 0 Å². The summed E-state index contributed by atoms with van der Waals surface area (Å²) in [4.78, 5) is 4.01.